The van der Waals surface area contributed by atoms with E-state index in [4.69, 9.17) is 0 Å². The van der Waals surface area contributed by atoms with Crippen molar-refractivity contribution in [1.29, 1.82) is 0 Å². The molecule has 0 fully saturated rings. The fourth-order valence-electron chi connectivity index (χ4n) is 1.18. The number of methoxy groups -OCH3 is 1. The van der Waals surface area contributed by atoms with Crippen LogP contribution in [0, 0.1) is 0 Å². The predicted molar refractivity (Wildman–Crippen MR) is 51.4 cm³/mol. The van der Waals surface area contributed by atoms with Crippen molar-refractivity contribution in [3.05, 3.63) is 35.9 Å². The number of ether oxygens (including phenoxy) is 1. The standard InChI is InChI=1S/C11H14O2/c1-13-11(12)9-5-8-10-6-3-2-4-7-10/h2-4,6-7H,5,8-9H2,1H3. The number of carbonyl (C=O) groups is 1. The monoisotopic (exact) mass is 178 g/mol. The minimum Gasteiger partial charge on any atom is -0.469 e. The topological polar surface area (TPSA) is 26.3 Å². The Morgan fingerprint density at radius 3 is 2.62 bits per heavy atom. The average molecular weight is 178 g/mol. The number of rotatable bonds is 4. The van der Waals surface area contributed by atoms with Crippen molar-refractivity contribution in [2.45, 2.75) is 19.3 Å². The summed E-state index contributed by atoms with van der Waals surface area (Å²) in [6.45, 7) is 0. The average Bonchev–Trinajstić information content (AvgIpc) is 2.19. The molecule has 13 heavy (non-hydrogen) atoms. The normalized spacial score (nSPS) is 9.62. The second-order valence-electron chi connectivity index (χ2n) is 2.92. The van der Waals surface area contributed by atoms with Gasteiger partial charge in [-0.3, -0.25) is 4.79 Å². The van der Waals surface area contributed by atoms with Crippen LogP contribution in [-0.2, 0) is 16.0 Å². The zero-order valence-electron chi connectivity index (χ0n) is 7.82. The van der Waals surface area contributed by atoms with Crippen LogP contribution >= 0.6 is 0 Å². The lowest BCUT2D eigenvalue weighted by Gasteiger charge is -1.99. The maximum absolute atomic E-state index is 10.8. The van der Waals surface area contributed by atoms with Crippen molar-refractivity contribution in [3.8, 4) is 0 Å². The van der Waals surface area contributed by atoms with E-state index < -0.39 is 0 Å². The molecule has 0 radical (unpaired) electrons. The van der Waals surface area contributed by atoms with Crippen molar-refractivity contribution >= 4 is 5.97 Å². The van der Waals surface area contributed by atoms with Gasteiger partial charge in [0.15, 0.2) is 0 Å². The Hall–Kier alpha value is -1.31. The van der Waals surface area contributed by atoms with Crippen LogP contribution in [0.5, 0.6) is 0 Å². The van der Waals surface area contributed by atoms with Crippen molar-refractivity contribution in [3.63, 3.8) is 0 Å². The highest BCUT2D eigenvalue weighted by molar-refractivity contribution is 5.69. The van der Waals surface area contributed by atoms with Gasteiger partial charge in [-0.25, -0.2) is 0 Å². The van der Waals surface area contributed by atoms with Gasteiger partial charge in [-0.2, -0.15) is 0 Å². The van der Waals surface area contributed by atoms with E-state index in [0.717, 1.165) is 12.8 Å². The molecule has 0 saturated carbocycles. The van der Waals surface area contributed by atoms with E-state index in [0.29, 0.717) is 6.42 Å². The molecule has 0 bridgehead atoms. The van der Waals surface area contributed by atoms with Gasteiger partial charge in [0.2, 0.25) is 0 Å². The van der Waals surface area contributed by atoms with Gasteiger partial charge < -0.3 is 4.74 Å². The Balaban J connectivity index is 2.24. The number of carbonyl (C=O) groups excluding carboxylic acids is 1. The highest BCUT2D eigenvalue weighted by atomic mass is 16.5. The van der Waals surface area contributed by atoms with Gasteiger partial charge in [-0.15, -0.1) is 0 Å². The summed E-state index contributed by atoms with van der Waals surface area (Å²) >= 11 is 0. The second-order valence-corrected chi connectivity index (χ2v) is 2.92. The van der Waals surface area contributed by atoms with Gasteiger partial charge >= 0.3 is 5.97 Å². The lowest BCUT2D eigenvalue weighted by atomic mass is 10.1. The number of benzene rings is 1. The highest BCUT2D eigenvalue weighted by Gasteiger charge is 1.99. The summed E-state index contributed by atoms with van der Waals surface area (Å²) in [5, 5.41) is 0. The summed E-state index contributed by atoms with van der Waals surface area (Å²) in [6.07, 6.45) is 2.30. The fourth-order valence-corrected chi connectivity index (χ4v) is 1.18. The van der Waals surface area contributed by atoms with Crippen LogP contribution in [0.25, 0.3) is 0 Å². The van der Waals surface area contributed by atoms with E-state index in [2.05, 4.69) is 16.9 Å². The molecule has 0 aromatic heterocycles. The van der Waals surface area contributed by atoms with E-state index in [1.165, 1.54) is 12.7 Å². The number of hydrogen-bond acceptors (Lipinski definition) is 2. The van der Waals surface area contributed by atoms with Crippen molar-refractivity contribution < 1.29 is 9.53 Å². The molecule has 0 aliphatic carbocycles. The van der Waals surface area contributed by atoms with Gasteiger partial charge in [0.25, 0.3) is 0 Å². The first-order valence-corrected chi connectivity index (χ1v) is 4.43. The lowest BCUT2D eigenvalue weighted by molar-refractivity contribution is -0.140. The number of aryl methyl sites for hydroxylation is 1. The second kappa shape index (κ2) is 5.36. The Bertz CT molecular complexity index is 254. The molecule has 1 aromatic rings. The third-order valence-corrected chi connectivity index (χ3v) is 1.92. The Labute approximate surface area is 78.5 Å². The Kier molecular flexibility index (Phi) is 4.03. The molecule has 1 rings (SSSR count). The van der Waals surface area contributed by atoms with Gasteiger partial charge in [0, 0.05) is 6.42 Å². The molecule has 0 amide bonds. The molecule has 0 aliphatic heterocycles. The molecule has 70 valence electrons. The molecule has 1 aromatic carbocycles. The molecule has 0 atom stereocenters. The van der Waals surface area contributed by atoms with Gasteiger partial charge in [-0.1, -0.05) is 30.3 Å². The molecule has 0 spiro atoms. The maximum atomic E-state index is 10.8. The van der Waals surface area contributed by atoms with Crippen LogP contribution in [0.3, 0.4) is 0 Å². The predicted octanol–water partition coefficient (Wildman–Crippen LogP) is 2.18. The molecule has 2 nitrogen and oxygen atoms in total. The Morgan fingerprint density at radius 2 is 2.00 bits per heavy atom. The summed E-state index contributed by atoms with van der Waals surface area (Å²) in [4.78, 5) is 10.8. The van der Waals surface area contributed by atoms with E-state index in [-0.39, 0.29) is 5.97 Å². The largest absolute Gasteiger partial charge is 0.469 e. The minimum absolute atomic E-state index is 0.129. The van der Waals surface area contributed by atoms with Crippen molar-refractivity contribution in [2.75, 3.05) is 7.11 Å². The summed E-state index contributed by atoms with van der Waals surface area (Å²) in [7, 11) is 1.42. The van der Waals surface area contributed by atoms with E-state index in [1.54, 1.807) is 0 Å². The molecule has 0 N–H and O–H groups in total. The molecule has 0 heterocycles. The quantitative estimate of drug-likeness (QED) is 0.660. The van der Waals surface area contributed by atoms with Crippen molar-refractivity contribution in [2.24, 2.45) is 0 Å². The first kappa shape index (κ1) is 9.78. The summed E-state index contributed by atoms with van der Waals surface area (Å²) < 4.78 is 4.55. The lowest BCUT2D eigenvalue weighted by Crippen LogP contribution is -2.00. The maximum Gasteiger partial charge on any atom is 0.305 e. The third kappa shape index (κ3) is 3.74. The molecular formula is C11H14O2. The molecular weight excluding hydrogens is 164 g/mol. The molecule has 0 aliphatic rings. The van der Waals surface area contributed by atoms with Gasteiger partial charge in [-0.05, 0) is 18.4 Å². The first-order valence-electron chi connectivity index (χ1n) is 4.43. The van der Waals surface area contributed by atoms with Crippen LogP contribution in [0.15, 0.2) is 30.3 Å². The van der Waals surface area contributed by atoms with E-state index in [9.17, 15) is 4.79 Å². The van der Waals surface area contributed by atoms with Crippen molar-refractivity contribution in [1.82, 2.24) is 0 Å². The summed E-state index contributed by atoms with van der Waals surface area (Å²) in [6, 6.07) is 10.1. The molecule has 0 saturated heterocycles. The van der Waals surface area contributed by atoms with Crippen LogP contribution < -0.4 is 0 Å². The number of esters is 1. The molecule has 0 unspecified atom stereocenters. The van der Waals surface area contributed by atoms with Crippen LogP contribution in [0.4, 0.5) is 0 Å². The minimum atomic E-state index is -0.129. The van der Waals surface area contributed by atoms with Crippen LogP contribution in [0.2, 0.25) is 0 Å². The smallest absolute Gasteiger partial charge is 0.305 e. The third-order valence-electron chi connectivity index (χ3n) is 1.92. The SMILES string of the molecule is COC(=O)CCCc1ccccc1. The van der Waals surface area contributed by atoms with E-state index in [1.807, 2.05) is 18.2 Å². The number of hydrogen-bond donors (Lipinski definition) is 0. The fraction of sp³-hybridized carbons (Fsp3) is 0.364. The zero-order chi connectivity index (χ0) is 9.52. The molecule has 2 heteroatoms. The van der Waals surface area contributed by atoms with Gasteiger partial charge in [0.1, 0.15) is 0 Å². The van der Waals surface area contributed by atoms with Gasteiger partial charge in [0.05, 0.1) is 7.11 Å². The Morgan fingerprint density at radius 1 is 1.31 bits per heavy atom. The summed E-state index contributed by atoms with van der Waals surface area (Å²) in [5.74, 6) is -0.129. The summed E-state index contributed by atoms with van der Waals surface area (Å²) in [5.41, 5.74) is 1.27. The zero-order valence-corrected chi connectivity index (χ0v) is 7.82. The van der Waals surface area contributed by atoms with Crippen LogP contribution in [0.1, 0.15) is 18.4 Å². The highest BCUT2D eigenvalue weighted by Crippen LogP contribution is 2.04. The van der Waals surface area contributed by atoms with E-state index >= 15 is 0 Å². The van der Waals surface area contributed by atoms with Crippen LogP contribution in [-0.4, -0.2) is 13.1 Å². The first-order chi connectivity index (χ1) is 6.33.